The summed E-state index contributed by atoms with van der Waals surface area (Å²) in [6.45, 7) is 2.67. The molecule has 1 aromatic carbocycles. The van der Waals surface area contributed by atoms with Crippen LogP contribution in [0.1, 0.15) is 23.0 Å². The maximum Gasteiger partial charge on any atom is 0.274 e. The summed E-state index contributed by atoms with van der Waals surface area (Å²) in [5.74, 6) is 1.56. The zero-order chi connectivity index (χ0) is 18.3. The van der Waals surface area contributed by atoms with Gasteiger partial charge in [-0.2, -0.15) is 0 Å². The molecule has 0 aliphatic carbocycles. The molecule has 0 radical (unpaired) electrons. The zero-order valence-corrected chi connectivity index (χ0v) is 15.6. The van der Waals surface area contributed by atoms with Crippen molar-refractivity contribution in [2.45, 2.75) is 12.5 Å². The molecule has 26 heavy (non-hydrogen) atoms. The van der Waals surface area contributed by atoms with Crippen LogP contribution >= 0.6 is 23.4 Å². The first-order valence-electron chi connectivity index (χ1n) is 8.14. The summed E-state index contributed by atoms with van der Waals surface area (Å²) >= 11 is 7.36. The Morgan fingerprint density at radius 3 is 3.04 bits per heavy atom. The fourth-order valence-corrected chi connectivity index (χ4v) is 4.37. The number of halogens is 1. The summed E-state index contributed by atoms with van der Waals surface area (Å²) in [5, 5.41) is 3.93. The third-order valence-corrected chi connectivity index (χ3v) is 5.93. The number of carbonyl (C=O) groups excluding carboxylic acids is 1. The van der Waals surface area contributed by atoms with E-state index in [1.807, 2.05) is 12.1 Å². The third kappa shape index (κ3) is 3.01. The number of amides is 1. The van der Waals surface area contributed by atoms with Crippen molar-refractivity contribution in [2.75, 3.05) is 17.7 Å². The number of nitrogens with one attached hydrogen (secondary N) is 1. The van der Waals surface area contributed by atoms with Crippen molar-refractivity contribution in [1.29, 1.82) is 0 Å². The van der Waals surface area contributed by atoms with E-state index < -0.39 is 5.54 Å². The standard InChI is InChI=1S/C18H17ClN4O2S/c1-18-10(9-26-17(20)23-18)8-25-15-5-3-12(6-13(15)18)22-16(24)14-4-2-11(19)7-21-14/h2-7,10H,8-9H2,1H3,(H2,20,23)(H,22,24). The van der Waals surface area contributed by atoms with E-state index in [9.17, 15) is 4.79 Å². The number of aromatic nitrogens is 1. The van der Waals surface area contributed by atoms with E-state index in [4.69, 9.17) is 27.1 Å². The van der Waals surface area contributed by atoms with Gasteiger partial charge in [0.05, 0.1) is 17.2 Å². The van der Waals surface area contributed by atoms with E-state index >= 15 is 0 Å². The smallest absolute Gasteiger partial charge is 0.274 e. The molecule has 2 unspecified atom stereocenters. The van der Waals surface area contributed by atoms with Crippen molar-refractivity contribution in [3.05, 3.63) is 52.8 Å². The Labute approximate surface area is 160 Å². The van der Waals surface area contributed by atoms with E-state index in [-0.39, 0.29) is 11.8 Å². The molecular formula is C18H17ClN4O2S. The van der Waals surface area contributed by atoms with Crippen LogP contribution in [0.15, 0.2) is 41.5 Å². The van der Waals surface area contributed by atoms with Crippen LogP contribution in [0.5, 0.6) is 5.75 Å². The van der Waals surface area contributed by atoms with E-state index in [0.717, 1.165) is 17.1 Å². The van der Waals surface area contributed by atoms with E-state index in [2.05, 4.69) is 17.2 Å². The zero-order valence-electron chi connectivity index (χ0n) is 14.0. The predicted octanol–water partition coefficient (Wildman–Crippen LogP) is 3.27. The van der Waals surface area contributed by atoms with Crippen molar-refractivity contribution >= 4 is 40.1 Å². The third-order valence-electron chi connectivity index (χ3n) is 4.75. The summed E-state index contributed by atoms with van der Waals surface area (Å²) < 4.78 is 5.89. The number of pyridine rings is 1. The highest BCUT2D eigenvalue weighted by molar-refractivity contribution is 8.13. The number of fused-ring (bicyclic) bond motifs is 3. The first-order valence-corrected chi connectivity index (χ1v) is 9.50. The number of nitrogens with two attached hydrogens (primary N) is 1. The number of aliphatic imine (C=N–C) groups is 1. The second kappa shape index (κ2) is 6.48. The molecular weight excluding hydrogens is 372 g/mol. The predicted molar refractivity (Wildman–Crippen MR) is 104 cm³/mol. The van der Waals surface area contributed by atoms with Crippen molar-refractivity contribution in [2.24, 2.45) is 16.6 Å². The topological polar surface area (TPSA) is 89.6 Å². The van der Waals surface area contributed by atoms with Crippen molar-refractivity contribution in [3.8, 4) is 5.75 Å². The van der Waals surface area contributed by atoms with Crippen LogP contribution < -0.4 is 15.8 Å². The molecule has 1 amide bonds. The van der Waals surface area contributed by atoms with Crippen LogP contribution in [-0.4, -0.2) is 28.4 Å². The van der Waals surface area contributed by atoms with Crippen LogP contribution in [0.4, 0.5) is 5.69 Å². The normalized spacial score (nSPS) is 23.9. The minimum atomic E-state index is -0.456. The Hall–Kier alpha value is -2.25. The number of hydrogen-bond donors (Lipinski definition) is 2. The molecule has 2 atom stereocenters. The van der Waals surface area contributed by atoms with Gasteiger partial charge in [0.1, 0.15) is 11.4 Å². The van der Waals surface area contributed by atoms with Crippen LogP contribution in [-0.2, 0) is 5.54 Å². The molecule has 3 N–H and O–H groups in total. The van der Waals surface area contributed by atoms with Gasteiger partial charge in [-0.15, -0.1) is 0 Å². The van der Waals surface area contributed by atoms with Crippen LogP contribution in [0.25, 0.3) is 0 Å². The van der Waals surface area contributed by atoms with Crippen molar-refractivity contribution in [1.82, 2.24) is 4.98 Å². The Bertz CT molecular complexity index is 903. The minimum Gasteiger partial charge on any atom is -0.493 e. The van der Waals surface area contributed by atoms with Gasteiger partial charge in [-0.05, 0) is 37.3 Å². The average molecular weight is 389 g/mol. The molecule has 0 saturated carbocycles. The largest absolute Gasteiger partial charge is 0.493 e. The fraction of sp³-hybridized carbons (Fsp3) is 0.278. The van der Waals surface area contributed by atoms with Crippen LogP contribution in [0, 0.1) is 5.92 Å². The van der Waals surface area contributed by atoms with Crippen LogP contribution in [0.2, 0.25) is 5.02 Å². The summed E-state index contributed by atoms with van der Waals surface area (Å²) in [6, 6.07) is 8.78. The first kappa shape index (κ1) is 17.2. The molecule has 3 heterocycles. The van der Waals surface area contributed by atoms with E-state index in [1.54, 1.807) is 30.0 Å². The number of rotatable bonds is 2. The highest BCUT2D eigenvalue weighted by Gasteiger charge is 2.44. The quantitative estimate of drug-likeness (QED) is 0.824. The minimum absolute atomic E-state index is 0.233. The summed E-state index contributed by atoms with van der Waals surface area (Å²) in [7, 11) is 0. The molecule has 2 aliphatic rings. The van der Waals surface area contributed by atoms with Gasteiger partial charge in [-0.1, -0.05) is 23.4 Å². The van der Waals surface area contributed by atoms with Gasteiger partial charge < -0.3 is 15.8 Å². The summed E-state index contributed by atoms with van der Waals surface area (Å²) in [5.41, 5.74) is 7.40. The number of hydrogen-bond acceptors (Lipinski definition) is 6. The molecule has 4 rings (SSSR count). The summed E-state index contributed by atoms with van der Waals surface area (Å²) in [4.78, 5) is 21.2. The molecule has 0 spiro atoms. The second-order valence-electron chi connectivity index (χ2n) is 6.44. The van der Waals surface area contributed by atoms with Gasteiger partial charge in [0.25, 0.3) is 5.91 Å². The summed E-state index contributed by atoms with van der Waals surface area (Å²) in [6.07, 6.45) is 1.44. The Balaban J connectivity index is 1.65. The molecule has 0 saturated heterocycles. The first-order chi connectivity index (χ1) is 12.5. The highest BCUT2D eigenvalue weighted by Crippen LogP contribution is 2.47. The lowest BCUT2D eigenvalue weighted by Gasteiger charge is -2.42. The molecule has 8 heteroatoms. The molecule has 1 aromatic heterocycles. The Morgan fingerprint density at radius 1 is 1.42 bits per heavy atom. The maximum absolute atomic E-state index is 12.4. The molecule has 2 aromatic rings. The maximum atomic E-state index is 12.4. The van der Waals surface area contributed by atoms with E-state index in [1.165, 1.54) is 6.20 Å². The number of ether oxygens (including phenoxy) is 1. The lowest BCUT2D eigenvalue weighted by Crippen LogP contribution is -2.44. The van der Waals surface area contributed by atoms with Gasteiger partial charge in [0.15, 0.2) is 5.17 Å². The number of carbonyl (C=O) groups is 1. The van der Waals surface area contributed by atoms with Gasteiger partial charge in [0, 0.05) is 29.1 Å². The van der Waals surface area contributed by atoms with Gasteiger partial charge >= 0.3 is 0 Å². The number of anilines is 1. The van der Waals surface area contributed by atoms with Gasteiger partial charge in [-0.25, -0.2) is 4.98 Å². The lowest BCUT2D eigenvalue weighted by atomic mass is 9.79. The number of benzene rings is 1. The molecule has 0 bridgehead atoms. The Morgan fingerprint density at radius 2 is 2.27 bits per heavy atom. The molecule has 6 nitrogen and oxygen atoms in total. The SMILES string of the molecule is CC12N=C(N)SCC1COc1ccc(NC(=O)c3ccc(Cl)cn3)cc12. The Kier molecular flexibility index (Phi) is 4.28. The van der Waals surface area contributed by atoms with Crippen LogP contribution in [0.3, 0.4) is 0 Å². The monoisotopic (exact) mass is 388 g/mol. The number of amidine groups is 1. The fourth-order valence-electron chi connectivity index (χ4n) is 3.22. The van der Waals surface area contributed by atoms with Crippen molar-refractivity contribution < 1.29 is 9.53 Å². The number of thioether (sulfide) groups is 1. The second-order valence-corrected chi connectivity index (χ2v) is 7.92. The van der Waals surface area contributed by atoms with Crippen molar-refractivity contribution in [3.63, 3.8) is 0 Å². The molecule has 134 valence electrons. The number of nitrogens with zero attached hydrogens (tertiary/aromatic N) is 2. The van der Waals surface area contributed by atoms with Gasteiger partial charge in [-0.3, -0.25) is 9.79 Å². The molecule has 0 fully saturated rings. The van der Waals surface area contributed by atoms with Gasteiger partial charge in [0.2, 0.25) is 0 Å². The average Bonchev–Trinajstić information content (AvgIpc) is 2.62. The lowest BCUT2D eigenvalue weighted by molar-refractivity contribution is 0.102. The van der Waals surface area contributed by atoms with E-state index in [0.29, 0.717) is 28.2 Å². The highest BCUT2D eigenvalue weighted by atomic mass is 35.5. The molecule has 2 aliphatic heterocycles.